The summed E-state index contributed by atoms with van der Waals surface area (Å²) >= 11 is 0. The minimum Gasteiger partial charge on any atom is -0.303 e. The van der Waals surface area contributed by atoms with Crippen LogP contribution in [0.2, 0.25) is 0 Å². The van der Waals surface area contributed by atoms with Gasteiger partial charge in [0.05, 0.1) is 0 Å². The average molecular weight is 218 g/mol. The first-order valence-electron chi connectivity index (χ1n) is 5.69. The van der Waals surface area contributed by atoms with Crippen molar-refractivity contribution in [1.29, 1.82) is 0 Å². The normalized spacial score (nSPS) is 10.4. The van der Waals surface area contributed by atoms with Gasteiger partial charge < -0.3 is 4.79 Å². The Balaban J connectivity index is 2.63. The summed E-state index contributed by atoms with van der Waals surface area (Å²) < 4.78 is 0. The fourth-order valence-corrected chi connectivity index (χ4v) is 1.63. The zero-order valence-corrected chi connectivity index (χ0v) is 9.90. The first-order valence-corrected chi connectivity index (χ1v) is 5.69. The highest BCUT2D eigenvalue weighted by Gasteiger charge is 2.05. The van der Waals surface area contributed by atoms with Crippen LogP contribution in [0.3, 0.4) is 0 Å². The van der Waals surface area contributed by atoms with E-state index in [0.29, 0.717) is 24.3 Å². The number of carbonyl (C=O) groups excluding carboxylic acids is 2. The van der Waals surface area contributed by atoms with Crippen molar-refractivity contribution in [2.24, 2.45) is 5.92 Å². The highest BCUT2D eigenvalue weighted by molar-refractivity contribution is 5.96. The standard InChI is InChI=1S/C14H18O2/c1-11(2)10-12-5-7-13(8-6-12)14(16)4-3-9-15/h5-9,11H,3-4,10H2,1-2H3. The number of hydrogen-bond donors (Lipinski definition) is 0. The second-order valence-electron chi connectivity index (χ2n) is 4.42. The topological polar surface area (TPSA) is 34.1 Å². The smallest absolute Gasteiger partial charge is 0.163 e. The van der Waals surface area contributed by atoms with E-state index in [1.54, 1.807) is 0 Å². The molecule has 0 fully saturated rings. The lowest BCUT2D eigenvalue weighted by Gasteiger charge is -2.05. The van der Waals surface area contributed by atoms with E-state index in [2.05, 4.69) is 13.8 Å². The summed E-state index contributed by atoms with van der Waals surface area (Å²) in [5.74, 6) is 0.666. The van der Waals surface area contributed by atoms with Crippen molar-refractivity contribution in [3.63, 3.8) is 0 Å². The highest BCUT2D eigenvalue weighted by atomic mass is 16.1. The number of carbonyl (C=O) groups is 2. The lowest BCUT2D eigenvalue weighted by molar-refractivity contribution is -0.107. The van der Waals surface area contributed by atoms with Crippen molar-refractivity contribution >= 4 is 12.1 Å². The predicted octanol–water partition coefficient (Wildman–Crippen LogP) is 3.05. The molecule has 0 saturated heterocycles. The molecule has 0 spiro atoms. The molecule has 0 bridgehead atoms. The summed E-state index contributed by atoms with van der Waals surface area (Å²) in [5, 5.41) is 0. The number of rotatable bonds is 6. The Hall–Kier alpha value is -1.44. The molecule has 0 atom stereocenters. The molecule has 0 unspecified atom stereocenters. The molecule has 1 aromatic carbocycles. The maximum Gasteiger partial charge on any atom is 0.163 e. The molecule has 0 radical (unpaired) electrons. The third kappa shape index (κ3) is 3.97. The van der Waals surface area contributed by atoms with Crippen molar-refractivity contribution in [2.75, 3.05) is 0 Å². The molecule has 0 aliphatic heterocycles. The van der Waals surface area contributed by atoms with Crippen LogP contribution >= 0.6 is 0 Å². The fourth-order valence-electron chi connectivity index (χ4n) is 1.63. The van der Waals surface area contributed by atoms with Crippen molar-refractivity contribution in [1.82, 2.24) is 0 Å². The lowest BCUT2D eigenvalue weighted by Crippen LogP contribution is -2.00. The Morgan fingerprint density at radius 1 is 1.25 bits per heavy atom. The molecular weight excluding hydrogens is 200 g/mol. The molecule has 2 heteroatoms. The molecule has 0 aromatic heterocycles. The summed E-state index contributed by atoms with van der Waals surface area (Å²) in [6, 6.07) is 7.69. The number of hydrogen-bond acceptors (Lipinski definition) is 2. The van der Waals surface area contributed by atoms with E-state index in [-0.39, 0.29) is 5.78 Å². The Labute approximate surface area is 96.7 Å². The number of benzene rings is 1. The molecular formula is C14H18O2. The monoisotopic (exact) mass is 218 g/mol. The third-order valence-corrected chi connectivity index (χ3v) is 2.41. The SMILES string of the molecule is CC(C)Cc1ccc(C(=O)CCC=O)cc1. The molecule has 1 aromatic rings. The van der Waals surface area contributed by atoms with Crippen molar-refractivity contribution < 1.29 is 9.59 Å². The van der Waals surface area contributed by atoms with Crippen LogP contribution in [-0.4, -0.2) is 12.1 Å². The summed E-state index contributed by atoms with van der Waals surface area (Å²) in [5.41, 5.74) is 1.95. The van der Waals surface area contributed by atoms with E-state index >= 15 is 0 Å². The molecule has 0 saturated carbocycles. The van der Waals surface area contributed by atoms with Crippen LogP contribution in [0.15, 0.2) is 24.3 Å². The maximum atomic E-state index is 11.6. The number of aldehydes is 1. The fraction of sp³-hybridized carbons (Fsp3) is 0.429. The number of Topliss-reactive ketones (excluding diaryl/α,β-unsaturated/α-hetero) is 1. The molecule has 0 aliphatic carbocycles. The molecule has 2 nitrogen and oxygen atoms in total. The minimum atomic E-state index is 0.0446. The first-order chi connectivity index (χ1) is 7.63. The van der Waals surface area contributed by atoms with Crippen LogP contribution in [0.1, 0.15) is 42.6 Å². The molecule has 0 aliphatic rings. The van der Waals surface area contributed by atoms with Gasteiger partial charge in [0.25, 0.3) is 0 Å². The van der Waals surface area contributed by atoms with Gasteiger partial charge in [0, 0.05) is 18.4 Å². The van der Waals surface area contributed by atoms with Crippen molar-refractivity contribution in [2.45, 2.75) is 33.1 Å². The Bertz CT molecular complexity index is 350. The van der Waals surface area contributed by atoms with Gasteiger partial charge in [-0.05, 0) is 17.9 Å². The summed E-state index contributed by atoms with van der Waals surface area (Å²) in [6.07, 6.45) is 2.44. The van der Waals surface area contributed by atoms with Crippen LogP contribution in [-0.2, 0) is 11.2 Å². The van der Waals surface area contributed by atoms with E-state index in [4.69, 9.17) is 0 Å². The quantitative estimate of drug-likeness (QED) is 0.543. The molecule has 0 N–H and O–H groups in total. The van der Waals surface area contributed by atoms with E-state index in [0.717, 1.165) is 12.7 Å². The minimum absolute atomic E-state index is 0.0446. The van der Waals surface area contributed by atoms with Crippen LogP contribution in [0, 0.1) is 5.92 Å². The van der Waals surface area contributed by atoms with Gasteiger partial charge in [-0.3, -0.25) is 4.79 Å². The summed E-state index contributed by atoms with van der Waals surface area (Å²) in [6.45, 7) is 4.34. The Morgan fingerprint density at radius 2 is 1.88 bits per heavy atom. The summed E-state index contributed by atoms with van der Waals surface area (Å²) in [7, 11) is 0. The van der Waals surface area contributed by atoms with E-state index in [1.807, 2.05) is 24.3 Å². The van der Waals surface area contributed by atoms with Gasteiger partial charge in [-0.25, -0.2) is 0 Å². The van der Waals surface area contributed by atoms with Gasteiger partial charge in [0.1, 0.15) is 6.29 Å². The van der Waals surface area contributed by atoms with Gasteiger partial charge in [0.15, 0.2) is 5.78 Å². The van der Waals surface area contributed by atoms with Crippen LogP contribution < -0.4 is 0 Å². The Morgan fingerprint density at radius 3 is 2.38 bits per heavy atom. The molecule has 0 heterocycles. The van der Waals surface area contributed by atoms with Crippen molar-refractivity contribution in [3.8, 4) is 0 Å². The van der Waals surface area contributed by atoms with Gasteiger partial charge in [-0.2, -0.15) is 0 Å². The van der Waals surface area contributed by atoms with E-state index < -0.39 is 0 Å². The summed E-state index contributed by atoms with van der Waals surface area (Å²) in [4.78, 5) is 21.7. The maximum absolute atomic E-state index is 11.6. The number of ketones is 1. The lowest BCUT2D eigenvalue weighted by atomic mass is 10.00. The highest BCUT2D eigenvalue weighted by Crippen LogP contribution is 2.11. The zero-order chi connectivity index (χ0) is 12.0. The molecule has 16 heavy (non-hydrogen) atoms. The van der Waals surface area contributed by atoms with Gasteiger partial charge in [-0.15, -0.1) is 0 Å². The predicted molar refractivity (Wildman–Crippen MR) is 64.6 cm³/mol. The molecule has 86 valence electrons. The average Bonchev–Trinajstić information content (AvgIpc) is 2.26. The van der Waals surface area contributed by atoms with Gasteiger partial charge >= 0.3 is 0 Å². The van der Waals surface area contributed by atoms with Crippen LogP contribution in [0.5, 0.6) is 0 Å². The second-order valence-corrected chi connectivity index (χ2v) is 4.42. The van der Waals surface area contributed by atoms with E-state index in [9.17, 15) is 9.59 Å². The molecule has 1 rings (SSSR count). The van der Waals surface area contributed by atoms with Crippen LogP contribution in [0.4, 0.5) is 0 Å². The zero-order valence-electron chi connectivity index (χ0n) is 9.90. The van der Waals surface area contributed by atoms with E-state index in [1.165, 1.54) is 5.56 Å². The van der Waals surface area contributed by atoms with Gasteiger partial charge in [0.2, 0.25) is 0 Å². The molecule has 0 amide bonds. The first kappa shape index (κ1) is 12.6. The largest absolute Gasteiger partial charge is 0.303 e. The Kier molecular flexibility index (Phi) is 4.90. The second kappa shape index (κ2) is 6.21. The van der Waals surface area contributed by atoms with Crippen molar-refractivity contribution in [3.05, 3.63) is 35.4 Å². The van der Waals surface area contributed by atoms with Gasteiger partial charge in [-0.1, -0.05) is 38.1 Å². The van der Waals surface area contributed by atoms with Crippen LogP contribution in [0.25, 0.3) is 0 Å². The third-order valence-electron chi connectivity index (χ3n) is 2.41.